The van der Waals surface area contributed by atoms with Crippen molar-refractivity contribution in [1.82, 2.24) is 9.80 Å². The Morgan fingerprint density at radius 3 is 2.41 bits per heavy atom. The van der Waals surface area contributed by atoms with Crippen molar-refractivity contribution >= 4 is 5.91 Å². The number of likely N-dealkylation sites (N-methyl/N-ethyl adjacent to an activating group) is 1. The lowest BCUT2D eigenvalue weighted by atomic mass is 10.2. The summed E-state index contributed by atoms with van der Waals surface area (Å²) < 4.78 is 5.41. The van der Waals surface area contributed by atoms with Crippen LogP contribution in [0.2, 0.25) is 0 Å². The zero-order chi connectivity index (χ0) is 12.7. The molecule has 0 aliphatic carbocycles. The third-order valence-electron chi connectivity index (χ3n) is 3.24. The summed E-state index contributed by atoms with van der Waals surface area (Å²) in [7, 11) is 0. The Bertz CT molecular complexity index is 228. The molecule has 0 aromatic carbocycles. The molecular formula is C12H25N3O2. The van der Waals surface area contributed by atoms with Gasteiger partial charge < -0.3 is 20.3 Å². The topological polar surface area (TPSA) is 58.8 Å². The Morgan fingerprint density at radius 1 is 1.29 bits per heavy atom. The van der Waals surface area contributed by atoms with Gasteiger partial charge in [-0.2, -0.15) is 0 Å². The summed E-state index contributed by atoms with van der Waals surface area (Å²) in [6, 6.07) is 0. The van der Waals surface area contributed by atoms with Gasteiger partial charge in [-0.1, -0.05) is 6.92 Å². The molecular weight excluding hydrogens is 218 g/mol. The number of hydrogen-bond acceptors (Lipinski definition) is 4. The molecule has 0 aromatic heterocycles. The number of piperazine rings is 1. The second kappa shape index (κ2) is 7.63. The van der Waals surface area contributed by atoms with E-state index in [1.54, 1.807) is 0 Å². The number of carbonyl (C=O) groups is 1. The molecule has 0 saturated carbocycles. The summed E-state index contributed by atoms with van der Waals surface area (Å²) in [5.74, 6) is 0.171. The van der Waals surface area contributed by atoms with Gasteiger partial charge in [-0.25, -0.2) is 0 Å². The molecule has 17 heavy (non-hydrogen) atoms. The first-order chi connectivity index (χ1) is 8.21. The van der Waals surface area contributed by atoms with E-state index in [2.05, 4.69) is 11.8 Å². The molecule has 1 rings (SSSR count). The molecule has 100 valence electrons. The molecule has 1 saturated heterocycles. The second-order valence-corrected chi connectivity index (χ2v) is 4.33. The number of amides is 1. The fraction of sp³-hybridized carbons (Fsp3) is 0.917. The molecule has 1 heterocycles. The average Bonchev–Trinajstić information content (AvgIpc) is 2.38. The minimum atomic E-state index is -0.128. The fourth-order valence-electron chi connectivity index (χ4n) is 2.08. The highest BCUT2D eigenvalue weighted by atomic mass is 16.5. The van der Waals surface area contributed by atoms with E-state index in [0.29, 0.717) is 19.6 Å². The highest BCUT2D eigenvalue weighted by Gasteiger charge is 2.22. The third kappa shape index (κ3) is 4.61. The van der Waals surface area contributed by atoms with Gasteiger partial charge >= 0.3 is 0 Å². The molecule has 2 N–H and O–H groups in total. The number of carbonyl (C=O) groups excluding carboxylic acids is 1. The Morgan fingerprint density at radius 2 is 1.94 bits per heavy atom. The summed E-state index contributed by atoms with van der Waals surface area (Å²) >= 11 is 0. The lowest BCUT2D eigenvalue weighted by molar-refractivity contribution is -0.135. The fourth-order valence-corrected chi connectivity index (χ4v) is 2.08. The average molecular weight is 243 g/mol. The highest BCUT2D eigenvalue weighted by Crippen LogP contribution is 2.06. The van der Waals surface area contributed by atoms with Crippen molar-refractivity contribution in [1.29, 1.82) is 0 Å². The predicted molar refractivity (Wildman–Crippen MR) is 67.8 cm³/mol. The minimum Gasteiger partial charge on any atom is -0.377 e. The van der Waals surface area contributed by atoms with E-state index in [4.69, 9.17) is 10.5 Å². The monoisotopic (exact) mass is 243 g/mol. The van der Waals surface area contributed by atoms with Crippen LogP contribution in [0.5, 0.6) is 0 Å². The van der Waals surface area contributed by atoms with Gasteiger partial charge in [0.25, 0.3) is 0 Å². The summed E-state index contributed by atoms with van der Waals surface area (Å²) in [6.07, 6.45) is 0.285. The molecule has 0 spiro atoms. The van der Waals surface area contributed by atoms with Crippen LogP contribution in [-0.4, -0.2) is 67.7 Å². The molecule has 0 bridgehead atoms. The Balaban J connectivity index is 2.32. The summed E-state index contributed by atoms with van der Waals surface area (Å²) in [5.41, 5.74) is 5.58. The minimum absolute atomic E-state index is 0.128. The van der Waals surface area contributed by atoms with Crippen molar-refractivity contribution in [2.75, 3.05) is 45.9 Å². The third-order valence-corrected chi connectivity index (χ3v) is 3.24. The van der Waals surface area contributed by atoms with Crippen LogP contribution in [0.15, 0.2) is 0 Å². The molecule has 0 radical (unpaired) electrons. The molecule has 1 amide bonds. The first-order valence-electron chi connectivity index (χ1n) is 6.53. The first-order valence-corrected chi connectivity index (χ1v) is 6.53. The largest absolute Gasteiger partial charge is 0.377 e. The molecule has 5 heteroatoms. The van der Waals surface area contributed by atoms with E-state index in [1.165, 1.54) is 0 Å². The van der Waals surface area contributed by atoms with E-state index in [0.717, 1.165) is 32.7 Å². The molecule has 1 unspecified atom stereocenters. The van der Waals surface area contributed by atoms with Crippen molar-refractivity contribution in [3.05, 3.63) is 0 Å². The van der Waals surface area contributed by atoms with Gasteiger partial charge in [-0.3, -0.25) is 4.79 Å². The zero-order valence-electron chi connectivity index (χ0n) is 11.0. The first kappa shape index (κ1) is 14.4. The lowest BCUT2D eigenvalue weighted by Gasteiger charge is -2.34. The number of nitrogens with zero attached hydrogens (tertiary/aromatic N) is 2. The van der Waals surface area contributed by atoms with Crippen LogP contribution in [0.1, 0.15) is 20.3 Å². The maximum Gasteiger partial charge on any atom is 0.225 e. The number of nitrogens with two attached hydrogens (primary N) is 1. The van der Waals surface area contributed by atoms with Crippen molar-refractivity contribution in [3.8, 4) is 0 Å². The van der Waals surface area contributed by atoms with E-state index in [1.807, 2.05) is 11.8 Å². The molecule has 1 aliphatic heterocycles. The molecule has 5 nitrogen and oxygen atoms in total. The maximum atomic E-state index is 12.0. The van der Waals surface area contributed by atoms with Crippen LogP contribution in [0.25, 0.3) is 0 Å². The summed E-state index contributed by atoms with van der Waals surface area (Å²) in [4.78, 5) is 16.3. The lowest BCUT2D eigenvalue weighted by Crippen LogP contribution is -2.49. The predicted octanol–water partition coefficient (Wildman–Crippen LogP) is -0.0956. The van der Waals surface area contributed by atoms with E-state index in [-0.39, 0.29) is 12.0 Å². The van der Waals surface area contributed by atoms with Crippen molar-refractivity contribution in [3.63, 3.8) is 0 Å². The summed E-state index contributed by atoms with van der Waals surface area (Å²) in [5, 5.41) is 0. The molecule has 1 aliphatic rings. The Labute approximate surface area is 104 Å². The Hall–Kier alpha value is -0.650. The molecule has 1 fully saturated rings. The quantitative estimate of drug-likeness (QED) is 0.708. The van der Waals surface area contributed by atoms with Crippen LogP contribution < -0.4 is 5.73 Å². The summed E-state index contributed by atoms with van der Waals surface area (Å²) in [6.45, 7) is 9.77. The maximum absolute atomic E-state index is 12.0. The van der Waals surface area contributed by atoms with E-state index >= 15 is 0 Å². The zero-order valence-corrected chi connectivity index (χ0v) is 11.0. The number of hydrogen-bond donors (Lipinski definition) is 1. The van der Waals surface area contributed by atoms with Crippen molar-refractivity contribution < 1.29 is 9.53 Å². The molecule has 1 atom stereocenters. The Kier molecular flexibility index (Phi) is 6.47. The van der Waals surface area contributed by atoms with Crippen LogP contribution in [0, 0.1) is 0 Å². The van der Waals surface area contributed by atoms with Crippen LogP contribution in [0.4, 0.5) is 0 Å². The number of rotatable bonds is 6. The van der Waals surface area contributed by atoms with Crippen LogP contribution in [-0.2, 0) is 9.53 Å². The molecule has 0 aromatic rings. The number of ether oxygens (including phenoxy) is 1. The van der Waals surface area contributed by atoms with E-state index < -0.39 is 0 Å². The van der Waals surface area contributed by atoms with E-state index in [9.17, 15) is 4.79 Å². The van der Waals surface area contributed by atoms with Gasteiger partial charge in [0.1, 0.15) is 0 Å². The van der Waals surface area contributed by atoms with Crippen LogP contribution >= 0.6 is 0 Å². The standard InChI is InChI=1S/C12H25N3O2/c1-3-14-5-7-15(8-6-14)12(16)9-11(10-13)17-4-2/h11H,3-10,13H2,1-2H3. The van der Waals surface area contributed by atoms with Gasteiger partial charge in [0.05, 0.1) is 12.5 Å². The smallest absolute Gasteiger partial charge is 0.225 e. The van der Waals surface area contributed by atoms with Gasteiger partial charge in [-0.15, -0.1) is 0 Å². The van der Waals surface area contributed by atoms with Crippen LogP contribution in [0.3, 0.4) is 0 Å². The normalized spacial score (nSPS) is 19.4. The highest BCUT2D eigenvalue weighted by molar-refractivity contribution is 5.76. The van der Waals surface area contributed by atoms with Gasteiger partial charge in [0, 0.05) is 39.3 Å². The van der Waals surface area contributed by atoms with Gasteiger partial charge in [0.15, 0.2) is 0 Å². The van der Waals surface area contributed by atoms with Gasteiger partial charge in [-0.05, 0) is 13.5 Å². The van der Waals surface area contributed by atoms with Crippen molar-refractivity contribution in [2.24, 2.45) is 5.73 Å². The van der Waals surface area contributed by atoms with Gasteiger partial charge in [0.2, 0.25) is 5.91 Å². The second-order valence-electron chi connectivity index (χ2n) is 4.33. The SMILES string of the molecule is CCOC(CN)CC(=O)N1CCN(CC)CC1. The van der Waals surface area contributed by atoms with Crippen molar-refractivity contribution in [2.45, 2.75) is 26.4 Å².